The summed E-state index contributed by atoms with van der Waals surface area (Å²) >= 11 is 0. The van der Waals surface area contributed by atoms with Crippen LogP contribution >= 0.6 is 0 Å². The van der Waals surface area contributed by atoms with E-state index in [1.165, 1.54) is 6.20 Å². The summed E-state index contributed by atoms with van der Waals surface area (Å²) in [5.41, 5.74) is 1.24. The van der Waals surface area contributed by atoms with E-state index in [9.17, 15) is 4.79 Å². The lowest BCUT2D eigenvalue weighted by Crippen LogP contribution is -2.18. The Morgan fingerprint density at radius 3 is 2.91 bits per heavy atom. The second-order valence-electron chi connectivity index (χ2n) is 5.12. The molecule has 4 rings (SSSR count). The zero-order chi connectivity index (χ0) is 16.0. The van der Waals surface area contributed by atoms with Crippen molar-refractivity contribution in [1.82, 2.24) is 24.1 Å². The summed E-state index contributed by atoms with van der Waals surface area (Å²) in [5.74, 6) is 1.78. The predicted octanol–water partition coefficient (Wildman–Crippen LogP) is 1.75. The Balaban J connectivity index is 2.01. The maximum Gasteiger partial charge on any atom is 0.266 e. The van der Waals surface area contributed by atoms with E-state index in [0.717, 1.165) is 5.69 Å². The van der Waals surface area contributed by atoms with Crippen LogP contribution in [-0.4, -0.2) is 31.3 Å². The molecule has 4 aromatic rings. The zero-order valence-corrected chi connectivity index (χ0v) is 12.6. The highest BCUT2D eigenvalue weighted by Crippen LogP contribution is 2.17. The highest BCUT2D eigenvalue weighted by Gasteiger charge is 2.11. The molecule has 1 aromatic carbocycles. The van der Waals surface area contributed by atoms with E-state index in [-0.39, 0.29) is 5.56 Å². The summed E-state index contributed by atoms with van der Waals surface area (Å²) in [6.07, 6.45) is 3.26. The van der Waals surface area contributed by atoms with Crippen molar-refractivity contribution < 1.29 is 4.74 Å². The van der Waals surface area contributed by atoms with E-state index < -0.39 is 0 Å². The molecule has 0 aliphatic carbocycles. The number of rotatable bonds is 2. The highest BCUT2D eigenvalue weighted by atomic mass is 16.5. The largest absolute Gasteiger partial charge is 0.497 e. The molecule has 0 saturated carbocycles. The van der Waals surface area contributed by atoms with Gasteiger partial charge in [0, 0.05) is 18.5 Å². The first-order valence-electron chi connectivity index (χ1n) is 7.05. The van der Waals surface area contributed by atoms with Crippen molar-refractivity contribution in [2.45, 2.75) is 6.92 Å². The molecule has 23 heavy (non-hydrogen) atoms. The smallest absolute Gasteiger partial charge is 0.266 e. The molecule has 0 bridgehead atoms. The fourth-order valence-corrected chi connectivity index (χ4v) is 2.58. The van der Waals surface area contributed by atoms with Crippen molar-refractivity contribution in [3.8, 4) is 11.4 Å². The Kier molecular flexibility index (Phi) is 2.87. The Hall–Kier alpha value is -3.22. The summed E-state index contributed by atoms with van der Waals surface area (Å²) < 4.78 is 8.36. The van der Waals surface area contributed by atoms with Gasteiger partial charge in [-0.3, -0.25) is 9.36 Å². The second kappa shape index (κ2) is 4.91. The van der Waals surface area contributed by atoms with Crippen LogP contribution in [0.5, 0.6) is 5.75 Å². The third-order valence-electron chi connectivity index (χ3n) is 3.67. The van der Waals surface area contributed by atoms with Crippen LogP contribution in [0, 0.1) is 6.92 Å². The fourth-order valence-electron chi connectivity index (χ4n) is 2.58. The molecule has 3 heterocycles. The third-order valence-corrected chi connectivity index (χ3v) is 3.67. The standard InChI is InChI=1S/C16H13N5O2/c1-10-18-16-17-9-13-14(21(16)19-10)6-7-20(15(13)22)11-4-3-5-12(8-11)23-2/h3-9H,1-2H3. The van der Waals surface area contributed by atoms with Crippen LogP contribution in [0.4, 0.5) is 0 Å². The Labute approximate surface area is 130 Å². The summed E-state index contributed by atoms with van der Waals surface area (Å²) in [4.78, 5) is 21.2. The van der Waals surface area contributed by atoms with Gasteiger partial charge in [-0.15, -0.1) is 5.10 Å². The number of aromatic nitrogens is 5. The van der Waals surface area contributed by atoms with Crippen LogP contribution in [0.25, 0.3) is 22.4 Å². The minimum absolute atomic E-state index is 0.168. The summed E-state index contributed by atoms with van der Waals surface area (Å²) in [6, 6.07) is 9.16. The molecule has 3 aromatic heterocycles. The molecule has 0 unspecified atom stereocenters. The van der Waals surface area contributed by atoms with Gasteiger partial charge >= 0.3 is 0 Å². The van der Waals surface area contributed by atoms with Gasteiger partial charge in [-0.2, -0.15) is 9.50 Å². The Bertz CT molecular complexity index is 1100. The van der Waals surface area contributed by atoms with Crippen LogP contribution in [-0.2, 0) is 0 Å². The Morgan fingerprint density at radius 2 is 2.09 bits per heavy atom. The molecule has 0 aliphatic rings. The van der Waals surface area contributed by atoms with Crippen LogP contribution < -0.4 is 10.3 Å². The third kappa shape index (κ3) is 2.05. The number of fused-ring (bicyclic) bond motifs is 3. The number of hydrogen-bond donors (Lipinski definition) is 0. The van der Waals surface area contributed by atoms with E-state index in [1.807, 2.05) is 24.3 Å². The molecular weight excluding hydrogens is 294 g/mol. The molecule has 0 aliphatic heterocycles. The van der Waals surface area contributed by atoms with Crippen molar-refractivity contribution in [3.63, 3.8) is 0 Å². The maximum atomic E-state index is 12.8. The van der Waals surface area contributed by atoms with Gasteiger partial charge in [0.1, 0.15) is 11.6 Å². The minimum atomic E-state index is -0.168. The predicted molar refractivity (Wildman–Crippen MR) is 85.2 cm³/mol. The summed E-state index contributed by atoms with van der Waals surface area (Å²) in [6.45, 7) is 1.79. The number of methoxy groups -OCH3 is 1. The molecule has 0 amide bonds. The van der Waals surface area contributed by atoms with Crippen molar-refractivity contribution in [1.29, 1.82) is 0 Å². The maximum absolute atomic E-state index is 12.8. The first-order valence-corrected chi connectivity index (χ1v) is 7.05. The number of pyridine rings is 1. The second-order valence-corrected chi connectivity index (χ2v) is 5.12. The number of nitrogens with zero attached hydrogens (tertiary/aromatic N) is 5. The molecule has 7 heteroatoms. The molecule has 7 nitrogen and oxygen atoms in total. The molecule has 0 radical (unpaired) electrons. The fraction of sp³-hybridized carbons (Fsp3) is 0.125. The molecule has 0 spiro atoms. The zero-order valence-electron chi connectivity index (χ0n) is 12.6. The SMILES string of the molecule is COc1cccc(-n2ccc3c(cnc4nc(C)nn43)c2=O)c1. The summed E-state index contributed by atoms with van der Waals surface area (Å²) in [7, 11) is 1.59. The van der Waals surface area contributed by atoms with E-state index in [4.69, 9.17) is 4.74 Å². The van der Waals surface area contributed by atoms with Crippen LogP contribution in [0.3, 0.4) is 0 Å². The average Bonchev–Trinajstić information content (AvgIpc) is 2.96. The normalized spacial score (nSPS) is 11.2. The highest BCUT2D eigenvalue weighted by molar-refractivity contribution is 5.79. The molecule has 114 valence electrons. The Morgan fingerprint density at radius 1 is 1.22 bits per heavy atom. The number of ether oxygens (including phenoxy) is 1. The number of aryl methyl sites for hydroxylation is 1. The van der Waals surface area contributed by atoms with E-state index in [1.54, 1.807) is 35.4 Å². The van der Waals surface area contributed by atoms with E-state index >= 15 is 0 Å². The molecule has 0 fully saturated rings. The van der Waals surface area contributed by atoms with Gasteiger partial charge in [-0.05, 0) is 25.1 Å². The van der Waals surface area contributed by atoms with Gasteiger partial charge in [0.25, 0.3) is 11.3 Å². The number of benzene rings is 1. The first kappa shape index (κ1) is 13.4. The van der Waals surface area contributed by atoms with Gasteiger partial charge in [-0.1, -0.05) is 6.07 Å². The van der Waals surface area contributed by atoms with E-state index in [0.29, 0.717) is 28.3 Å². The quantitative estimate of drug-likeness (QED) is 0.564. The van der Waals surface area contributed by atoms with Crippen LogP contribution in [0.15, 0.2) is 47.5 Å². The molecule has 0 N–H and O–H groups in total. The van der Waals surface area contributed by atoms with Crippen molar-refractivity contribution in [2.24, 2.45) is 0 Å². The van der Waals surface area contributed by atoms with Crippen LogP contribution in [0.1, 0.15) is 5.82 Å². The van der Waals surface area contributed by atoms with Crippen molar-refractivity contribution >= 4 is 16.7 Å². The van der Waals surface area contributed by atoms with Crippen LogP contribution in [0.2, 0.25) is 0 Å². The minimum Gasteiger partial charge on any atom is -0.497 e. The van der Waals surface area contributed by atoms with Gasteiger partial charge in [0.15, 0.2) is 0 Å². The monoisotopic (exact) mass is 307 g/mol. The van der Waals surface area contributed by atoms with Gasteiger partial charge in [0.05, 0.1) is 23.7 Å². The molecule has 0 saturated heterocycles. The van der Waals surface area contributed by atoms with E-state index in [2.05, 4.69) is 15.1 Å². The van der Waals surface area contributed by atoms with Gasteiger partial charge in [-0.25, -0.2) is 4.98 Å². The number of hydrogen-bond acceptors (Lipinski definition) is 5. The first-order chi connectivity index (χ1) is 11.2. The van der Waals surface area contributed by atoms with Gasteiger partial charge < -0.3 is 4.74 Å². The van der Waals surface area contributed by atoms with Crippen molar-refractivity contribution in [2.75, 3.05) is 7.11 Å². The topological polar surface area (TPSA) is 74.3 Å². The lowest BCUT2D eigenvalue weighted by Gasteiger charge is -2.09. The van der Waals surface area contributed by atoms with Crippen molar-refractivity contribution in [3.05, 3.63) is 58.9 Å². The molecular formula is C16H13N5O2. The molecule has 0 atom stereocenters. The summed E-state index contributed by atoms with van der Waals surface area (Å²) in [5, 5.41) is 4.77. The lowest BCUT2D eigenvalue weighted by atomic mass is 10.2. The average molecular weight is 307 g/mol. The lowest BCUT2D eigenvalue weighted by molar-refractivity contribution is 0.414. The van der Waals surface area contributed by atoms with Gasteiger partial charge in [0.2, 0.25) is 0 Å².